The summed E-state index contributed by atoms with van der Waals surface area (Å²) in [4.78, 5) is 22.3. The van der Waals surface area contributed by atoms with E-state index in [0.29, 0.717) is 22.5 Å². The van der Waals surface area contributed by atoms with Crippen LogP contribution in [-0.2, 0) is 6.42 Å². The largest absolute Gasteiger partial charge is 0.391 e. The number of rotatable bonds is 3. The van der Waals surface area contributed by atoms with Crippen molar-refractivity contribution in [3.05, 3.63) is 81.6 Å². The van der Waals surface area contributed by atoms with E-state index in [1.807, 2.05) is 30.3 Å². The van der Waals surface area contributed by atoms with Crippen LogP contribution in [0.2, 0.25) is 5.15 Å². The molecule has 1 saturated carbocycles. The minimum atomic E-state index is -0.504. The lowest BCUT2D eigenvalue weighted by Gasteiger charge is -2.29. The fraction of sp³-hybridized carbons (Fsp3) is 0.292. The number of hydrogen-bond donors (Lipinski definition) is 1. The second-order valence-corrected chi connectivity index (χ2v) is 8.41. The number of benzene rings is 2. The van der Waals surface area contributed by atoms with Crippen molar-refractivity contribution in [2.24, 2.45) is 0 Å². The summed E-state index contributed by atoms with van der Waals surface area (Å²) in [5.74, 6) is 0. The van der Waals surface area contributed by atoms with Crippen LogP contribution in [0, 0.1) is 0 Å². The molecule has 5 rings (SSSR count). The zero-order valence-electron chi connectivity index (χ0n) is 16.5. The first kappa shape index (κ1) is 19.2. The lowest BCUT2D eigenvalue weighted by Crippen LogP contribution is -2.34. The summed E-state index contributed by atoms with van der Waals surface area (Å²) >= 11 is 5.93. The van der Waals surface area contributed by atoms with Crippen molar-refractivity contribution in [2.75, 3.05) is 0 Å². The fourth-order valence-corrected chi connectivity index (χ4v) is 4.69. The monoisotopic (exact) mass is 419 g/mol. The topological polar surface area (TPSA) is 68.0 Å². The van der Waals surface area contributed by atoms with Crippen molar-refractivity contribution in [1.29, 1.82) is 0 Å². The molecule has 2 aromatic heterocycles. The van der Waals surface area contributed by atoms with Gasteiger partial charge in [0.2, 0.25) is 0 Å². The van der Waals surface area contributed by atoms with Crippen molar-refractivity contribution in [3.63, 3.8) is 0 Å². The van der Waals surface area contributed by atoms with Gasteiger partial charge in [-0.05, 0) is 47.9 Å². The Labute approximate surface area is 179 Å². The van der Waals surface area contributed by atoms with Crippen molar-refractivity contribution in [1.82, 2.24) is 14.5 Å². The average Bonchev–Trinajstić information content (AvgIpc) is 2.77. The lowest BCUT2D eigenvalue weighted by atomic mass is 9.92. The standard InChI is InChI=1S/C24H22ClN3O2/c25-22-10-9-15(13-26-22)11-16-12-19-23(18-6-2-1-5-17(16)18)27-14-28(24(19)30)20-7-3-4-8-21(20)29/h1-2,5-6,9-10,12-14,20-21,29H,3-4,7-8,11H2/t20-,21-/m0/s1. The van der Waals surface area contributed by atoms with Gasteiger partial charge in [-0.15, -0.1) is 0 Å². The van der Waals surface area contributed by atoms with E-state index in [0.717, 1.165) is 47.6 Å². The van der Waals surface area contributed by atoms with E-state index in [1.54, 1.807) is 23.2 Å². The summed E-state index contributed by atoms with van der Waals surface area (Å²) in [5.41, 5.74) is 2.68. The smallest absolute Gasteiger partial charge is 0.261 e. The number of aliphatic hydroxyl groups excluding tert-OH is 1. The lowest BCUT2D eigenvalue weighted by molar-refractivity contribution is 0.0735. The van der Waals surface area contributed by atoms with Gasteiger partial charge in [0.15, 0.2) is 0 Å². The third-order valence-electron chi connectivity index (χ3n) is 6.11. The van der Waals surface area contributed by atoms with E-state index in [9.17, 15) is 9.90 Å². The van der Waals surface area contributed by atoms with Gasteiger partial charge in [0.1, 0.15) is 5.15 Å². The summed E-state index contributed by atoms with van der Waals surface area (Å²) in [6, 6.07) is 13.5. The number of halogens is 1. The van der Waals surface area contributed by atoms with Crippen LogP contribution in [0.5, 0.6) is 0 Å². The number of nitrogens with zero attached hydrogens (tertiary/aromatic N) is 3. The molecule has 1 aliphatic carbocycles. The van der Waals surface area contributed by atoms with Crippen LogP contribution < -0.4 is 5.56 Å². The average molecular weight is 420 g/mol. The van der Waals surface area contributed by atoms with Crippen LogP contribution in [0.15, 0.2) is 59.8 Å². The highest BCUT2D eigenvalue weighted by Crippen LogP contribution is 2.30. The minimum Gasteiger partial charge on any atom is -0.391 e. The Kier molecular flexibility index (Phi) is 5.01. The quantitative estimate of drug-likeness (QED) is 0.387. The van der Waals surface area contributed by atoms with Crippen LogP contribution in [0.25, 0.3) is 21.7 Å². The molecule has 2 heterocycles. The Hall–Kier alpha value is -2.76. The number of fused-ring (bicyclic) bond motifs is 3. The van der Waals surface area contributed by atoms with Gasteiger partial charge in [-0.2, -0.15) is 0 Å². The zero-order valence-corrected chi connectivity index (χ0v) is 17.2. The third kappa shape index (κ3) is 3.38. The second kappa shape index (κ2) is 7.82. The number of pyridine rings is 1. The molecule has 1 aliphatic rings. The van der Waals surface area contributed by atoms with Gasteiger partial charge in [0.25, 0.3) is 5.56 Å². The fourth-order valence-electron chi connectivity index (χ4n) is 4.58. The Morgan fingerprint density at radius 1 is 1.03 bits per heavy atom. The van der Waals surface area contributed by atoms with E-state index in [4.69, 9.17) is 11.6 Å². The zero-order chi connectivity index (χ0) is 20.7. The molecule has 152 valence electrons. The van der Waals surface area contributed by atoms with Gasteiger partial charge in [-0.1, -0.05) is 54.8 Å². The molecule has 2 aromatic carbocycles. The van der Waals surface area contributed by atoms with Crippen molar-refractivity contribution < 1.29 is 5.11 Å². The van der Waals surface area contributed by atoms with E-state index in [-0.39, 0.29) is 11.6 Å². The molecule has 0 amide bonds. The first-order valence-corrected chi connectivity index (χ1v) is 10.7. The van der Waals surface area contributed by atoms with Crippen molar-refractivity contribution in [3.8, 4) is 0 Å². The van der Waals surface area contributed by atoms with Crippen LogP contribution >= 0.6 is 11.6 Å². The van der Waals surface area contributed by atoms with Gasteiger partial charge < -0.3 is 5.11 Å². The third-order valence-corrected chi connectivity index (χ3v) is 6.34. The molecule has 2 atom stereocenters. The summed E-state index contributed by atoms with van der Waals surface area (Å²) in [5, 5.41) is 13.5. The predicted molar refractivity (Wildman–Crippen MR) is 119 cm³/mol. The van der Waals surface area contributed by atoms with Crippen LogP contribution in [0.1, 0.15) is 42.9 Å². The summed E-state index contributed by atoms with van der Waals surface area (Å²) in [7, 11) is 0. The highest BCUT2D eigenvalue weighted by Gasteiger charge is 2.26. The molecule has 4 aromatic rings. The van der Waals surface area contributed by atoms with Crippen LogP contribution in [0.3, 0.4) is 0 Å². The van der Waals surface area contributed by atoms with Crippen LogP contribution in [-0.4, -0.2) is 25.7 Å². The van der Waals surface area contributed by atoms with E-state index < -0.39 is 6.10 Å². The first-order valence-electron chi connectivity index (χ1n) is 10.3. The highest BCUT2D eigenvalue weighted by atomic mass is 35.5. The van der Waals surface area contributed by atoms with Crippen LogP contribution in [0.4, 0.5) is 0 Å². The van der Waals surface area contributed by atoms with Gasteiger partial charge >= 0.3 is 0 Å². The summed E-state index contributed by atoms with van der Waals surface area (Å²) in [6.07, 6.45) is 7.04. The SMILES string of the molecule is O=c1c2cc(Cc3ccc(Cl)nc3)c3ccccc3c2ncn1[C@H]1CCCC[C@@H]1O. The Balaban J connectivity index is 1.70. The maximum atomic E-state index is 13.4. The Morgan fingerprint density at radius 2 is 1.83 bits per heavy atom. The molecule has 0 radical (unpaired) electrons. The maximum Gasteiger partial charge on any atom is 0.261 e. The number of aromatic nitrogens is 3. The minimum absolute atomic E-state index is 0.0906. The van der Waals surface area contributed by atoms with Crippen molar-refractivity contribution in [2.45, 2.75) is 44.2 Å². The normalized spacial score (nSPS) is 19.4. The molecule has 30 heavy (non-hydrogen) atoms. The molecule has 0 saturated heterocycles. The van der Waals surface area contributed by atoms with E-state index in [2.05, 4.69) is 16.0 Å². The molecule has 0 unspecified atom stereocenters. The van der Waals surface area contributed by atoms with Gasteiger partial charge in [-0.3, -0.25) is 9.36 Å². The highest BCUT2D eigenvalue weighted by molar-refractivity contribution is 6.29. The summed E-state index contributed by atoms with van der Waals surface area (Å²) in [6.45, 7) is 0. The Bertz CT molecular complexity index is 1280. The van der Waals surface area contributed by atoms with Crippen molar-refractivity contribution >= 4 is 33.3 Å². The molecular formula is C24H22ClN3O2. The predicted octanol–water partition coefficient (Wildman–Crippen LogP) is 4.66. The molecular weight excluding hydrogens is 398 g/mol. The van der Waals surface area contributed by atoms with Gasteiger partial charge in [0.05, 0.1) is 29.4 Å². The molecule has 0 spiro atoms. The molecule has 0 aliphatic heterocycles. The number of aliphatic hydroxyl groups is 1. The van der Waals surface area contributed by atoms with E-state index in [1.165, 1.54) is 0 Å². The number of hydrogen-bond acceptors (Lipinski definition) is 4. The first-order chi connectivity index (χ1) is 14.6. The molecule has 0 bridgehead atoms. The maximum absolute atomic E-state index is 13.4. The molecule has 1 fully saturated rings. The Morgan fingerprint density at radius 3 is 2.60 bits per heavy atom. The van der Waals surface area contributed by atoms with Gasteiger partial charge in [-0.25, -0.2) is 9.97 Å². The van der Waals surface area contributed by atoms with E-state index >= 15 is 0 Å². The molecule has 5 nitrogen and oxygen atoms in total. The molecule has 6 heteroatoms. The second-order valence-electron chi connectivity index (χ2n) is 8.02. The molecule has 1 N–H and O–H groups in total. The van der Waals surface area contributed by atoms with Gasteiger partial charge in [0, 0.05) is 11.6 Å². The summed E-state index contributed by atoms with van der Waals surface area (Å²) < 4.78 is 1.63.